The van der Waals surface area contributed by atoms with Crippen molar-refractivity contribution in [3.05, 3.63) is 28.7 Å². The molecular formula is C15H17BrO7. The molecule has 0 aliphatic heterocycles. The van der Waals surface area contributed by atoms with Crippen molar-refractivity contribution in [2.45, 2.75) is 19.6 Å². The predicted molar refractivity (Wildman–Crippen MR) is 82.8 cm³/mol. The summed E-state index contributed by atoms with van der Waals surface area (Å²) >= 11 is 3.25. The van der Waals surface area contributed by atoms with Crippen molar-refractivity contribution in [3.8, 4) is 5.75 Å². The van der Waals surface area contributed by atoms with E-state index in [1.54, 1.807) is 19.1 Å². The van der Waals surface area contributed by atoms with Crippen molar-refractivity contribution in [1.82, 2.24) is 0 Å². The molecule has 0 N–H and O–H groups in total. The van der Waals surface area contributed by atoms with Gasteiger partial charge in [-0.15, -0.1) is 0 Å². The molecule has 1 unspecified atom stereocenters. The molecule has 0 bridgehead atoms. The van der Waals surface area contributed by atoms with Crippen LogP contribution in [0.4, 0.5) is 0 Å². The lowest BCUT2D eigenvalue weighted by Gasteiger charge is -2.27. The number of Topliss-reactive ketones (excluding diaryl/α,β-unsaturated/α-hetero) is 1. The van der Waals surface area contributed by atoms with E-state index < -0.39 is 23.5 Å². The van der Waals surface area contributed by atoms with Crippen molar-refractivity contribution in [1.29, 1.82) is 0 Å². The summed E-state index contributed by atoms with van der Waals surface area (Å²) in [5.74, 6) is -6.11. The van der Waals surface area contributed by atoms with Gasteiger partial charge < -0.3 is 18.9 Å². The van der Waals surface area contributed by atoms with Gasteiger partial charge in [-0.25, -0.2) is 9.59 Å². The molecule has 1 rings (SSSR count). The van der Waals surface area contributed by atoms with Gasteiger partial charge in [0.15, 0.2) is 0 Å². The minimum absolute atomic E-state index is 0.0241. The summed E-state index contributed by atoms with van der Waals surface area (Å²) in [5, 5.41) is 0. The van der Waals surface area contributed by atoms with E-state index in [1.165, 1.54) is 19.1 Å². The lowest BCUT2D eigenvalue weighted by atomic mass is 10.1. The number of rotatable bonds is 8. The van der Waals surface area contributed by atoms with Crippen LogP contribution < -0.4 is 4.74 Å². The van der Waals surface area contributed by atoms with Gasteiger partial charge in [0.25, 0.3) is 0 Å². The van der Waals surface area contributed by atoms with Gasteiger partial charge >= 0.3 is 23.5 Å². The Hall–Kier alpha value is -1.93. The Morgan fingerprint density at radius 1 is 1.04 bits per heavy atom. The average molecular weight is 389 g/mol. The number of methoxy groups -OCH3 is 1. The maximum absolute atomic E-state index is 12.3. The molecule has 0 spiro atoms. The molecule has 0 saturated heterocycles. The second-order valence-electron chi connectivity index (χ2n) is 4.15. The maximum atomic E-state index is 12.3. The van der Waals surface area contributed by atoms with Crippen LogP contribution in [0.15, 0.2) is 28.7 Å². The van der Waals surface area contributed by atoms with Crippen LogP contribution in [0.5, 0.6) is 5.75 Å². The number of esters is 2. The Labute approximate surface area is 142 Å². The smallest absolute Gasteiger partial charge is 0.389 e. The lowest BCUT2D eigenvalue weighted by Crippen LogP contribution is -2.57. The summed E-state index contributed by atoms with van der Waals surface area (Å²) in [5.41, 5.74) is 0. The maximum Gasteiger partial charge on any atom is 0.389 e. The van der Waals surface area contributed by atoms with Crippen molar-refractivity contribution >= 4 is 33.7 Å². The summed E-state index contributed by atoms with van der Waals surface area (Å²) in [6, 6.07) is 6.26. The van der Waals surface area contributed by atoms with Crippen LogP contribution >= 0.6 is 15.9 Å². The van der Waals surface area contributed by atoms with Crippen molar-refractivity contribution < 1.29 is 33.3 Å². The average Bonchev–Trinajstić information content (AvgIpc) is 2.54. The predicted octanol–water partition coefficient (Wildman–Crippen LogP) is 1.87. The highest BCUT2D eigenvalue weighted by molar-refractivity contribution is 9.10. The van der Waals surface area contributed by atoms with Crippen molar-refractivity contribution in [2.24, 2.45) is 0 Å². The van der Waals surface area contributed by atoms with Crippen LogP contribution in [0.1, 0.15) is 13.8 Å². The van der Waals surface area contributed by atoms with Gasteiger partial charge in [-0.05, 0) is 38.1 Å². The SMILES string of the molecule is CCOC(=O)C(=O)C(OC)(Oc1ccc(Br)cc1)C(=O)OCC. The van der Waals surface area contributed by atoms with Gasteiger partial charge in [0.05, 0.1) is 13.2 Å². The van der Waals surface area contributed by atoms with Gasteiger partial charge in [0.1, 0.15) is 5.75 Å². The summed E-state index contributed by atoms with van der Waals surface area (Å²) in [6.07, 6.45) is 0. The first-order chi connectivity index (χ1) is 10.9. The first kappa shape index (κ1) is 19.1. The Kier molecular flexibility index (Phi) is 7.18. The molecule has 0 aliphatic carbocycles. The van der Waals surface area contributed by atoms with Gasteiger partial charge in [0.2, 0.25) is 0 Å². The first-order valence-corrected chi connectivity index (χ1v) is 7.59. The highest BCUT2D eigenvalue weighted by Crippen LogP contribution is 2.24. The first-order valence-electron chi connectivity index (χ1n) is 6.79. The highest BCUT2D eigenvalue weighted by Gasteiger charge is 2.55. The fourth-order valence-electron chi connectivity index (χ4n) is 1.62. The van der Waals surface area contributed by atoms with Crippen LogP contribution in [0.3, 0.4) is 0 Å². The molecule has 23 heavy (non-hydrogen) atoms. The van der Waals surface area contributed by atoms with E-state index in [0.717, 1.165) is 11.6 Å². The van der Waals surface area contributed by atoms with Crippen molar-refractivity contribution in [2.75, 3.05) is 20.3 Å². The van der Waals surface area contributed by atoms with E-state index in [0.29, 0.717) is 0 Å². The molecule has 0 amide bonds. The molecule has 0 aliphatic rings. The Morgan fingerprint density at radius 2 is 1.61 bits per heavy atom. The third-order valence-electron chi connectivity index (χ3n) is 2.67. The van der Waals surface area contributed by atoms with Gasteiger partial charge in [-0.2, -0.15) is 0 Å². The van der Waals surface area contributed by atoms with Crippen molar-refractivity contribution in [3.63, 3.8) is 0 Å². The number of ether oxygens (including phenoxy) is 4. The van der Waals surface area contributed by atoms with E-state index in [9.17, 15) is 14.4 Å². The van der Waals surface area contributed by atoms with Gasteiger partial charge in [-0.1, -0.05) is 15.9 Å². The van der Waals surface area contributed by atoms with Crippen LogP contribution in [-0.2, 0) is 28.6 Å². The molecule has 1 aromatic rings. The fraction of sp³-hybridized carbons (Fsp3) is 0.400. The van der Waals surface area contributed by atoms with Crippen LogP contribution in [-0.4, -0.2) is 43.8 Å². The normalized spacial score (nSPS) is 12.9. The summed E-state index contributed by atoms with van der Waals surface area (Å²) < 4.78 is 20.6. The van der Waals surface area contributed by atoms with Gasteiger partial charge in [-0.3, -0.25) is 4.79 Å². The Bertz CT molecular complexity index is 570. The number of hydrogen-bond donors (Lipinski definition) is 0. The van der Waals surface area contributed by atoms with E-state index in [4.69, 9.17) is 14.2 Å². The molecule has 0 aromatic heterocycles. The van der Waals surface area contributed by atoms with E-state index in [1.807, 2.05) is 0 Å². The van der Waals surface area contributed by atoms with Gasteiger partial charge in [0, 0.05) is 11.6 Å². The monoisotopic (exact) mass is 388 g/mol. The molecule has 0 fully saturated rings. The molecule has 7 nitrogen and oxygen atoms in total. The number of carbonyl (C=O) groups excluding carboxylic acids is 3. The van der Waals surface area contributed by atoms with Crippen LogP contribution in [0.25, 0.3) is 0 Å². The lowest BCUT2D eigenvalue weighted by molar-refractivity contribution is -0.211. The Balaban J connectivity index is 3.22. The Morgan fingerprint density at radius 3 is 2.09 bits per heavy atom. The zero-order valence-corrected chi connectivity index (χ0v) is 14.5. The summed E-state index contributed by atoms with van der Waals surface area (Å²) in [6.45, 7) is 3.02. The second-order valence-corrected chi connectivity index (χ2v) is 5.06. The summed E-state index contributed by atoms with van der Waals surface area (Å²) in [4.78, 5) is 36.3. The molecule has 0 radical (unpaired) electrons. The summed E-state index contributed by atoms with van der Waals surface area (Å²) in [7, 11) is 1.06. The molecule has 0 heterocycles. The quantitative estimate of drug-likeness (QED) is 0.290. The largest absolute Gasteiger partial charge is 0.461 e. The second kappa shape index (κ2) is 8.64. The standard InChI is InChI=1S/C15H17BrO7/c1-4-21-13(18)12(17)15(20-3,14(19)22-5-2)23-11-8-6-10(16)7-9-11/h6-9H,4-5H2,1-3H3. The number of ketones is 1. The van der Waals surface area contributed by atoms with E-state index in [-0.39, 0.29) is 19.0 Å². The molecule has 1 aromatic carbocycles. The zero-order chi connectivity index (χ0) is 17.5. The molecule has 126 valence electrons. The highest BCUT2D eigenvalue weighted by atomic mass is 79.9. The number of halogens is 1. The number of carbonyl (C=O) groups is 3. The third kappa shape index (κ3) is 4.52. The topological polar surface area (TPSA) is 88.1 Å². The molecule has 1 atom stereocenters. The van der Waals surface area contributed by atoms with Crippen LogP contribution in [0.2, 0.25) is 0 Å². The third-order valence-corrected chi connectivity index (χ3v) is 3.20. The molecule has 8 heteroatoms. The molecular weight excluding hydrogens is 372 g/mol. The van der Waals surface area contributed by atoms with Crippen LogP contribution in [0, 0.1) is 0 Å². The molecule has 0 saturated carbocycles. The number of hydrogen-bond acceptors (Lipinski definition) is 7. The minimum atomic E-state index is -2.56. The number of benzene rings is 1. The zero-order valence-electron chi connectivity index (χ0n) is 13.0. The fourth-order valence-corrected chi connectivity index (χ4v) is 1.89. The van der Waals surface area contributed by atoms with E-state index in [2.05, 4.69) is 20.7 Å². The minimum Gasteiger partial charge on any atom is -0.461 e. The van der Waals surface area contributed by atoms with E-state index >= 15 is 0 Å².